The van der Waals surface area contributed by atoms with Gasteiger partial charge in [0, 0.05) is 22.7 Å². The molecule has 3 rings (SSSR count). The second kappa shape index (κ2) is 6.26. The van der Waals surface area contributed by atoms with Crippen LogP contribution in [0.2, 0.25) is 0 Å². The molecule has 25 heavy (non-hydrogen) atoms. The highest BCUT2D eigenvalue weighted by Gasteiger charge is 2.38. The molecule has 1 aliphatic heterocycles. The number of nitrogens with one attached hydrogen (secondary N) is 2. The molecule has 2 heterocycles. The van der Waals surface area contributed by atoms with Crippen molar-refractivity contribution in [3.05, 3.63) is 36.1 Å². The second-order valence-corrected chi connectivity index (χ2v) is 8.10. The van der Waals surface area contributed by atoms with Gasteiger partial charge >= 0.3 is 0 Å². The zero-order valence-electron chi connectivity index (χ0n) is 15.2. The number of anilines is 2. The SMILES string of the molecule is CC1(C)CC(Nc2nc(N)nc(-c3ccccc3)c2F)CC(C)(C)N1. The zero-order valence-corrected chi connectivity index (χ0v) is 15.2. The lowest BCUT2D eigenvalue weighted by molar-refractivity contribution is 0.170. The summed E-state index contributed by atoms with van der Waals surface area (Å²) in [6.07, 6.45) is 1.72. The van der Waals surface area contributed by atoms with E-state index in [9.17, 15) is 0 Å². The van der Waals surface area contributed by atoms with E-state index in [0.29, 0.717) is 5.56 Å². The molecule has 0 unspecified atom stereocenters. The predicted octanol–water partition coefficient (Wildman–Crippen LogP) is 3.59. The highest BCUT2D eigenvalue weighted by molar-refractivity contribution is 5.65. The third-order valence-corrected chi connectivity index (χ3v) is 4.45. The molecule has 4 N–H and O–H groups in total. The second-order valence-electron chi connectivity index (χ2n) is 8.10. The number of rotatable bonds is 3. The fourth-order valence-electron chi connectivity index (χ4n) is 3.97. The number of piperidine rings is 1. The van der Waals surface area contributed by atoms with E-state index < -0.39 is 5.82 Å². The van der Waals surface area contributed by atoms with E-state index >= 15 is 4.39 Å². The molecule has 1 aromatic heterocycles. The standard InChI is InChI=1S/C19H26FN5/c1-18(2)10-13(11-19(3,4)25-18)22-16-14(20)15(23-17(21)24-16)12-8-6-5-7-9-12/h5-9,13,25H,10-11H2,1-4H3,(H3,21,22,23,24). The molecular weight excluding hydrogens is 317 g/mol. The summed E-state index contributed by atoms with van der Waals surface area (Å²) in [5.74, 6) is -0.227. The van der Waals surface area contributed by atoms with Crippen LogP contribution in [0.15, 0.2) is 30.3 Å². The summed E-state index contributed by atoms with van der Waals surface area (Å²) >= 11 is 0. The van der Waals surface area contributed by atoms with Gasteiger partial charge in [-0.05, 0) is 40.5 Å². The summed E-state index contributed by atoms with van der Waals surface area (Å²) in [5, 5.41) is 6.89. The summed E-state index contributed by atoms with van der Waals surface area (Å²) in [5.41, 5.74) is 6.65. The molecule has 5 nitrogen and oxygen atoms in total. The molecule has 1 aliphatic rings. The minimum Gasteiger partial charge on any atom is -0.368 e. The van der Waals surface area contributed by atoms with E-state index in [1.807, 2.05) is 30.3 Å². The minimum absolute atomic E-state index is 0.0449. The van der Waals surface area contributed by atoms with Crippen LogP contribution >= 0.6 is 0 Å². The van der Waals surface area contributed by atoms with Gasteiger partial charge in [0.2, 0.25) is 5.95 Å². The van der Waals surface area contributed by atoms with Crippen molar-refractivity contribution in [1.82, 2.24) is 15.3 Å². The Bertz CT molecular complexity index is 742. The van der Waals surface area contributed by atoms with Crippen molar-refractivity contribution in [2.24, 2.45) is 0 Å². The lowest BCUT2D eigenvalue weighted by atomic mass is 9.79. The third kappa shape index (κ3) is 4.07. The molecule has 1 aromatic carbocycles. The molecule has 0 atom stereocenters. The molecule has 1 saturated heterocycles. The minimum atomic E-state index is -0.463. The first kappa shape index (κ1) is 17.6. The maximum Gasteiger partial charge on any atom is 0.222 e. The van der Waals surface area contributed by atoms with Crippen LogP contribution in [0.5, 0.6) is 0 Å². The summed E-state index contributed by atoms with van der Waals surface area (Å²) in [7, 11) is 0. The number of nitrogens with two attached hydrogens (primary N) is 1. The molecule has 2 aromatic rings. The van der Waals surface area contributed by atoms with Crippen LogP contribution in [0.3, 0.4) is 0 Å². The number of benzene rings is 1. The number of halogens is 1. The van der Waals surface area contributed by atoms with Crippen molar-refractivity contribution in [3.63, 3.8) is 0 Å². The molecule has 0 amide bonds. The van der Waals surface area contributed by atoms with Crippen LogP contribution < -0.4 is 16.4 Å². The van der Waals surface area contributed by atoms with Gasteiger partial charge in [0.05, 0.1) is 0 Å². The number of aromatic nitrogens is 2. The van der Waals surface area contributed by atoms with Gasteiger partial charge in [-0.1, -0.05) is 30.3 Å². The average molecular weight is 343 g/mol. The normalized spacial score (nSPS) is 19.6. The van der Waals surface area contributed by atoms with E-state index in [1.165, 1.54) is 0 Å². The van der Waals surface area contributed by atoms with Gasteiger partial charge in [-0.2, -0.15) is 4.98 Å². The molecule has 0 bridgehead atoms. The summed E-state index contributed by atoms with van der Waals surface area (Å²) in [6.45, 7) is 8.62. The van der Waals surface area contributed by atoms with Gasteiger partial charge in [-0.3, -0.25) is 0 Å². The molecule has 0 saturated carbocycles. The Kier molecular flexibility index (Phi) is 4.41. The Hall–Kier alpha value is -2.21. The van der Waals surface area contributed by atoms with Crippen molar-refractivity contribution in [2.45, 2.75) is 57.7 Å². The lowest BCUT2D eigenvalue weighted by Gasteiger charge is -2.46. The predicted molar refractivity (Wildman–Crippen MR) is 99.8 cm³/mol. The van der Waals surface area contributed by atoms with E-state index in [-0.39, 0.29) is 34.6 Å². The Labute approximate surface area is 148 Å². The first-order chi connectivity index (χ1) is 11.7. The van der Waals surface area contributed by atoms with Crippen LogP contribution in [0.1, 0.15) is 40.5 Å². The lowest BCUT2D eigenvalue weighted by Crippen LogP contribution is -2.60. The highest BCUT2D eigenvalue weighted by Crippen LogP contribution is 2.32. The third-order valence-electron chi connectivity index (χ3n) is 4.45. The molecular formula is C19H26FN5. The van der Waals surface area contributed by atoms with E-state index in [2.05, 4.69) is 48.3 Å². The molecule has 1 fully saturated rings. The average Bonchev–Trinajstić information content (AvgIpc) is 2.48. The largest absolute Gasteiger partial charge is 0.368 e. The maximum absolute atomic E-state index is 15.0. The van der Waals surface area contributed by atoms with E-state index in [1.54, 1.807) is 0 Å². The van der Waals surface area contributed by atoms with Gasteiger partial charge in [0.25, 0.3) is 0 Å². The van der Waals surface area contributed by atoms with Crippen molar-refractivity contribution in [3.8, 4) is 11.3 Å². The molecule has 0 radical (unpaired) electrons. The zero-order chi connectivity index (χ0) is 18.2. The van der Waals surface area contributed by atoms with Crippen molar-refractivity contribution < 1.29 is 4.39 Å². The number of hydrogen-bond donors (Lipinski definition) is 3. The molecule has 6 heteroatoms. The Morgan fingerprint density at radius 2 is 1.68 bits per heavy atom. The van der Waals surface area contributed by atoms with E-state index in [0.717, 1.165) is 12.8 Å². The maximum atomic E-state index is 15.0. The number of nitrogen functional groups attached to an aromatic ring is 1. The van der Waals surface area contributed by atoms with Crippen molar-refractivity contribution in [1.29, 1.82) is 0 Å². The number of nitrogens with zero attached hydrogens (tertiary/aromatic N) is 2. The Balaban J connectivity index is 1.92. The number of hydrogen-bond acceptors (Lipinski definition) is 5. The van der Waals surface area contributed by atoms with Gasteiger partial charge in [0.1, 0.15) is 5.69 Å². The Morgan fingerprint density at radius 1 is 1.08 bits per heavy atom. The fraction of sp³-hybridized carbons (Fsp3) is 0.474. The van der Waals surface area contributed by atoms with Crippen LogP contribution in [0, 0.1) is 5.82 Å². The highest BCUT2D eigenvalue weighted by atomic mass is 19.1. The first-order valence-electron chi connectivity index (χ1n) is 8.60. The Morgan fingerprint density at radius 3 is 2.28 bits per heavy atom. The molecule has 0 aliphatic carbocycles. The van der Waals surface area contributed by atoms with Crippen LogP contribution in [0.25, 0.3) is 11.3 Å². The quantitative estimate of drug-likeness (QED) is 0.794. The summed E-state index contributed by atoms with van der Waals surface area (Å²) < 4.78 is 15.0. The summed E-state index contributed by atoms with van der Waals surface area (Å²) in [6, 6.07) is 9.29. The van der Waals surface area contributed by atoms with Crippen LogP contribution in [-0.2, 0) is 0 Å². The van der Waals surface area contributed by atoms with Crippen LogP contribution in [0.4, 0.5) is 16.2 Å². The smallest absolute Gasteiger partial charge is 0.222 e. The van der Waals surface area contributed by atoms with Crippen molar-refractivity contribution >= 4 is 11.8 Å². The van der Waals surface area contributed by atoms with Crippen molar-refractivity contribution in [2.75, 3.05) is 11.1 Å². The fourth-order valence-corrected chi connectivity index (χ4v) is 3.97. The van der Waals surface area contributed by atoms with Crippen LogP contribution in [-0.4, -0.2) is 27.1 Å². The summed E-state index contributed by atoms with van der Waals surface area (Å²) in [4.78, 5) is 8.20. The van der Waals surface area contributed by atoms with Gasteiger partial charge in [0.15, 0.2) is 11.6 Å². The van der Waals surface area contributed by atoms with E-state index in [4.69, 9.17) is 5.73 Å². The molecule has 134 valence electrons. The van der Waals surface area contributed by atoms with Gasteiger partial charge in [-0.15, -0.1) is 0 Å². The topological polar surface area (TPSA) is 75.9 Å². The van der Waals surface area contributed by atoms with Gasteiger partial charge in [-0.25, -0.2) is 9.37 Å². The monoisotopic (exact) mass is 343 g/mol. The van der Waals surface area contributed by atoms with Gasteiger partial charge < -0.3 is 16.4 Å². The first-order valence-corrected chi connectivity index (χ1v) is 8.60. The molecule has 0 spiro atoms.